The molecule has 25 heavy (non-hydrogen) atoms. The summed E-state index contributed by atoms with van der Waals surface area (Å²) in [6.45, 7) is 0. The van der Waals surface area contributed by atoms with E-state index in [1.807, 2.05) is 18.2 Å². The molecule has 1 aromatic heterocycles. The molecule has 0 amide bonds. The maximum atomic E-state index is 9.08. The van der Waals surface area contributed by atoms with Crippen molar-refractivity contribution in [1.29, 1.82) is 5.26 Å². The number of hydrogen-bond acceptors (Lipinski definition) is 1. The average Bonchev–Trinajstić information content (AvgIpc) is 3.02. The van der Waals surface area contributed by atoms with Crippen LogP contribution in [0.25, 0.3) is 38.3 Å². The third-order valence-electron chi connectivity index (χ3n) is 4.79. The van der Waals surface area contributed by atoms with Crippen molar-refractivity contribution in [2.24, 2.45) is 0 Å². The molecule has 0 aliphatic carbocycles. The molecule has 2 nitrogen and oxygen atoms in total. The molecule has 0 N–H and O–H groups in total. The van der Waals surface area contributed by atoms with Gasteiger partial charge in [0, 0.05) is 16.5 Å². The second-order valence-corrected chi connectivity index (χ2v) is 6.23. The molecular weight excluding hydrogens is 304 g/mol. The van der Waals surface area contributed by atoms with Crippen LogP contribution in [0.1, 0.15) is 5.56 Å². The quantitative estimate of drug-likeness (QED) is 0.383. The van der Waals surface area contributed by atoms with Crippen molar-refractivity contribution in [2.45, 2.75) is 0 Å². The van der Waals surface area contributed by atoms with Crippen LogP contribution in [-0.2, 0) is 0 Å². The highest BCUT2D eigenvalue weighted by molar-refractivity contribution is 6.09. The highest BCUT2D eigenvalue weighted by atomic mass is 15.0. The highest BCUT2D eigenvalue weighted by Gasteiger charge is 2.11. The Hall–Kier alpha value is -3.57. The van der Waals surface area contributed by atoms with Crippen molar-refractivity contribution in [3.05, 3.63) is 90.5 Å². The van der Waals surface area contributed by atoms with Crippen LogP contribution in [0, 0.1) is 11.3 Å². The summed E-state index contributed by atoms with van der Waals surface area (Å²) in [5.74, 6) is 0. The molecule has 2 heteroatoms. The summed E-state index contributed by atoms with van der Waals surface area (Å²) in [5.41, 5.74) is 4.24. The minimum Gasteiger partial charge on any atom is -0.309 e. The van der Waals surface area contributed by atoms with E-state index in [4.69, 9.17) is 5.26 Å². The Balaban J connectivity index is 1.86. The fourth-order valence-corrected chi connectivity index (χ4v) is 3.64. The molecule has 0 unspecified atom stereocenters. The van der Waals surface area contributed by atoms with Gasteiger partial charge in [0.1, 0.15) is 0 Å². The zero-order valence-electron chi connectivity index (χ0n) is 13.5. The predicted octanol–water partition coefficient (Wildman–Crippen LogP) is 5.81. The topological polar surface area (TPSA) is 28.7 Å². The van der Waals surface area contributed by atoms with Gasteiger partial charge >= 0.3 is 0 Å². The lowest BCUT2D eigenvalue weighted by molar-refractivity contribution is 1.19. The summed E-state index contributed by atoms with van der Waals surface area (Å²) in [6, 6.07) is 31.5. The summed E-state index contributed by atoms with van der Waals surface area (Å²) < 4.78 is 2.31. The molecule has 0 saturated carbocycles. The molecule has 0 aliphatic heterocycles. The molecule has 0 radical (unpaired) electrons. The van der Waals surface area contributed by atoms with E-state index in [0.29, 0.717) is 5.56 Å². The first kappa shape index (κ1) is 13.8. The van der Waals surface area contributed by atoms with Crippen molar-refractivity contribution < 1.29 is 0 Å². The number of nitriles is 1. The maximum Gasteiger partial charge on any atom is 0.0991 e. The molecular formula is C23H14N2. The number of benzene rings is 4. The van der Waals surface area contributed by atoms with E-state index in [-0.39, 0.29) is 0 Å². The lowest BCUT2D eigenvalue weighted by Crippen LogP contribution is -1.93. The van der Waals surface area contributed by atoms with Crippen LogP contribution in [-0.4, -0.2) is 4.57 Å². The number of fused-ring (bicyclic) bond motifs is 4. The van der Waals surface area contributed by atoms with Gasteiger partial charge in [0.2, 0.25) is 0 Å². The van der Waals surface area contributed by atoms with Crippen LogP contribution >= 0.6 is 0 Å². The largest absolute Gasteiger partial charge is 0.309 e. The zero-order valence-corrected chi connectivity index (χ0v) is 13.5. The van der Waals surface area contributed by atoms with Gasteiger partial charge in [-0.3, -0.25) is 0 Å². The Morgan fingerprint density at radius 3 is 1.92 bits per heavy atom. The van der Waals surface area contributed by atoms with Gasteiger partial charge in [-0.15, -0.1) is 0 Å². The van der Waals surface area contributed by atoms with Gasteiger partial charge in [-0.1, -0.05) is 48.5 Å². The van der Waals surface area contributed by atoms with Crippen LogP contribution in [0.2, 0.25) is 0 Å². The van der Waals surface area contributed by atoms with Crippen molar-refractivity contribution in [2.75, 3.05) is 0 Å². The SMILES string of the molecule is N#Cc1ccc2cc(-n3c4ccccc4c4ccccc43)ccc2c1. The summed E-state index contributed by atoms with van der Waals surface area (Å²) >= 11 is 0. The second-order valence-electron chi connectivity index (χ2n) is 6.23. The number of aromatic nitrogens is 1. The van der Waals surface area contributed by atoms with Crippen molar-refractivity contribution >= 4 is 32.6 Å². The van der Waals surface area contributed by atoms with Crippen molar-refractivity contribution in [1.82, 2.24) is 4.57 Å². The summed E-state index contributed by atoms with van der Waals surface area (Å²) in [4.78, 5) is 0. The van der Waals surface area contributed by atoms with Crippen LogP contribution < -0.4 is 0 Å². The third kappa shape index (κ3) is 2.03. The van der Waals surface area contributed by atoms with E-state index in [0.717, 1.165) is 16.5 Å². The number of rotatable bonds is 1. The molecule has 0 spiro atoms. The molecule has 0 atom stereocenters. The number of hydrogen-bond donors (Lipinski definition) is 0. The molecule has 0 saturated heterocycles. The molecule has 5 rings (SSSR count). The fraction of sp³-hybridized carbons (Fsp3) is 0. The minimum absolute atomic E-state index is 0.692. The monoisotopic (exact) mass is 318 g/mol. The first-order valence-corrected chi connectivity index (χ1v) is 8.28. The highest BCUT2D eigenvalue weighted by Crippen LogP contribution is 2.32. The summed E-state index contributed by atoms with van der Waals surface area (Å²) in [5, 5.41) is 13.8. The average molecular weight is 318 g/mol. The van der Waals surface area contributed by atoms with E-state index in [2.05, 4.69) is 77.4 Å². The molecule has 0 bridgehead atoms. The first-order valence-electron chi connectivity index (χ1n) is 8.28. The molecule has 1 heterocycles. The first-order chi connectivity index (χ1) is 12.3. The predicted molar refractivity (Wildman–Crippen MR) is 103 cm³/mol. The zero-order chi connectivity index (χ0) is 16.8. The Kier molecular flexibility index (Phi) is 2.89. The Morgan fingerprint density at radius 2 is 1.24 bits per heavy atom. The van der Waals surface area contributed by atoms with Crippen LogP contribution in [0.5, 0.6) is 0 Å². The van der Waals surface area contributed by atoms with Gasteiger partial charge in [0.05, 0.1) is 22.7 Å². The van der Waals surface area contributed by atoms with Gasteiger partial charge in [-0.05, 0) is 47.2 Å². The summed E-state index contributed by atoms with van der Waals surface area (Å²) in [7, 11) is 0. The van der Waals surface area contributed by atoms with E-state index < -0.39 is 0 Å². The number of nitrogens with zero attached hydrogens (tertiary/aromatic N) is 2. The van der Waals surface area contributed by atoms with Crippen LogP contribution in [0.15, 0.2) is 84.9 Å². The van der Waals surface area contributed by atoms with Gasteiger partial charge in [0.25, 0.3) is 0 Å². The van der Waals surface area contributed by atoms with Crippen molar-refractivity contribution in [3.8, 4) is 11.8 Å². The molecule has 4 aromatic carbocycles. The van der Waals surface area contributed by atoms with E-state index >= 15 is 0 Å². The van der Waals surface area contributed by atoms with E-state index in [1.54, 1.807) is 0 Å². The molecule has 116 valence electrons. The maximum absolute atomic E-state index is 9.08. The standard InChI is InChI=1S/C23H14N2/c24-15-16-9-10-18-14-19(12-11-17(18)13-16)25-22-7-3-1-5-20(22)21-6-2-4-8-23(21)25/h1-14H. The number of para-hydroxylation sites is 2. The van der Waals surface area contributed by atoms with Gasteiger partial charge < -0.3 is 4.57 Å². The van der Waals surface area contributed by atoms with Crippen LogP contribution in [0.4, 0.5) is 0 Å². The summed E-state index contributed by atoms with van der Waals surface area (Å²) in [6.07, 6.45) is 0. The molecule has 5 aromatic rings. The lowest BCUT2D eigenvalue weighted by atomic mass is 10.1. The van der Waals surface area contributed by atoms with Crippen molar-refractivity contribution in [3.63, 3.8) is 0 Å². The molecule has 0 fully saturated rings. The van der Waals surface area contributed by atoms with E-state index in [9.17, 15) is 0 Å². The van der Waals surface area contributed by atoms with Crippen LogP contribution in [0.3, 0.4) is 0 Å². The second kappa shape index (κ2) is 5.22. The lowest BCUT2D eigenvalue weighted by Gasteiger charge is -2.09. The van der Waals surface area contributed by atoms with E-state index in [1.165, 1.54) is 21.8 Å². The Bertz CT molecular complexity index is 1250. The smallest absolute Gasteiger partial charge is 0.0991 e. The van der Waals surface area contributed by atoms with Gasteiger partial charge in [-0.25, -0.2) is 0 Å². The minimum atomic E-state index is 0.692. The third-order valence-corrected chi connectivity index (χ3v) is 4.79. The van der Waals surface area contributed by atoms with Gasteiger partial charge in [0.15, 0.2) is 0 Å². The fourth-order valence-electron chi connectivity index (χ4n) is 3.64. The Morgan fingerprint density at radius 1 is 0.640 bits per heavy atom. The van der Waals surface area contributed by atoms with Gasteiger partial charge in [-0.2, -0.15) is 5.26 Å². The normalized spacial score (nSPS) is 11.2. The molecule has 0 aliphatic rings. The Labute approximate surface area is 145 Å².